The molecule has 1 N–H and O–H groups in total. The molecule has 0 saturated carbocycles. The molecule has 2 aromatic rings. The van der Waals surface area contributed by atoms with Crippen LogP contribution in [0.3, 0.4) is 0 Å². The van der Waals surface area contributed by atoms with Crippen molar-refractivity contribution in [3.8, 4) is 0 Å². The van der Waals surface area contributed by atoms with Gasteiger partial charge in [-0.2, -0.15) is 0 Å². The molecule has 1 amide bonds. The fourth-order valence-corrected chi connectivity index (χ4v) is 3.62. The van der Waals surface area contributed by atoms with Crippen LogP contribution in [0.5, 0.6) is 0 Å². The molecule has 3 rings (SSSR count). The van der Waals surface area contributed by atoms with E-state index >= 15 is 0 Å². The van der Waals surface area contributed by atoms with E-state index in [0.29, 0.717) is 5.69 Å². The van der Waals surface area contributed by atoms with Crippen molar-refractivity contribution >= 4 is 45.7 Å². The number of aliphatic imine (C=N–C) groups is 2. The van der Waals surface area contributed by atoms with Crippen LogP contribution >= 0.6 is 23.4 Å². The van der Waals surface area contributed by atoms with Gasteiger partial charge in [-0.25, -0.2) is 9.38 Å². The Morgan fingerprint density at radius 3 is 2.63 bits per heavy atom. The summed E-state index contributed by atoms with van der Waals surface area (Å²) in [6.45, 7) is 4.01. The molecule has 0 bridgehead atoms. The molecule has 0 spiro atoms. The maximum absolute atomic E-state index is 13.2. The third-order valence-electron chi connectivity index (χ3n) is 4.16. The molecule has 0 radical (unpaired) electrons. The van der Waals surface area contributed by atoms with Gasteiger partial charge in [0.2, 0.25) is 5.91 Å². The van der Waals surface area contributed by atoms with Crippen molar-refractivity contribution in [3.63, 3.8) is 0 Å². The summed E-state index contributed by atoms with van der Waals surface area (Å²) in [6, 6.07) is 13.9. The molecule has 0 aromatic heterocycles. The highest BCUT2D eigenvalue weighted by Crippen LogP contribution is 2.29. The van der Waals surface area contributed by atoms with Crippen molar-refractivity contribution < 1.29 is 9.18 Å². The van der Waals surface area contributed by atoms with Crippen LogP contribution in [0.15, 0.2) is 58.5 Å². The van der Waals surface area contributed by atoms with Crippen LogP contribution < -0.4 is 5.32 Å². The Morgan fingerprint density at radius 1 is 1.22 bits per heavy atom. The summed E-state index contributed by atoms with van der Waals surface area (Å²) in [6.07, 6.45) is 0.771. The van der Waals surface area contributed by atoms with Gasteiger partial charge in [-0.3, -0.25) is 9.79 Å². The molecular formula is C20H19ClFN3OS. The maximum Gasteiger partial charge on any atom is 0.234 e. The van der Waals surface area contributed by atoms with Crippen LogP contribution in [0, 0.1) is 5.82 Å². The van der Waals surface area contributed by atoms with Crippen molar-refractivity contribution in [2.75, 3.05) is 11.1 Å². The highest BCUT2D eigenvalue weighted by molar-refractivity contribution is 8.16. The van der Waals surface area contributed by atoms with Gasteiger partial charge in [0.1, 0.15) is 16.5 Å². The number of rotatable bonds is 5. The highest BCUT2D eigenvalue weighted by atomic mass is 35.5. The van der Waals surface area contributed by atoms with Crippen molar-refractivity contribution in [3.05, 3.63) is 64.9 Å². The zero-order chi connectivity index (χ0) is 19.4. The van der Waals surface area contributed by atoms with E-state index in [2.05, 4.69) is 5.32 Å². The first kappa shape index (κ1) is 19.6. The summed E-state index contributed by atoms with van der Waals surface area (Å²) < 4.78 is 13.2. The number of carbonyl (C=O) groups excluding carboxylic acids is 1. The quantitative estimate of drug-likeness (QED) is 0.747. The molecule has 0 unspecified atom stereocenters. The molecule has 1 aliphatic heterocycles. The Bertz CT molecular complexity index is 917. The zero-order valence-electron chi connectivity index (χ0n) is 15.0. The van der Waals surface area contributed by atoms with Crippen molar-refractivity contribution in [2.45, 2.75) is 25.9 Å². The second kappa shape index (κ2) is 8.23. The van der Waals surface area contributed by atoms with Gasteiger partial charge < -0.3 is 5.32 Å². The van der Waals surface area contributed by atoms with E-state index in [1.807, 2.05) is 44.2 Å². The minimum Gasteiger partial charge on any atom is -0.325 e. The third kappa shape index (κ3) is 4.76. The van der Waals surface area contributed by atoms with Gasteiger partial charge in [-0.15, -0.1) is 0 Å². The lowest BCUT2D eigenvalue weighted by Gasteiger charge is -2.13. The van der Waals surface area contributed by atoms with Gasteiger partial charge in [0.05, 0.1) is 16.5 Å². The van der Waals surface area contributed by atoms with E-state index in [1.54, 1.807) is 0 Å². The van der Waals surface area contributed by atoms with E-state index in [0.717, 1.165) is 22.7 Å². The van der Waals surface area contributed by atoms with Crippen LogP contribution in [-0.2, 0) is 4.79 Å². The molecule has 7 heteroatoms. The average Bonchev–Trinajstić information content (AvgIpc) is 3.01. The molecule has 0 aliphatic carbocycles. The third-order valence-corrected chi connectivity index (χ3v) is 5.41. The molecule has 140 valence electrons. The lowest BCUT2D eigenvalue weighted by molar-refractivity contribution is -0.113. The largest absolute Gasteiger partial charge is 0.325 e. The number of nitrogens with one attached hydrogen (secondary N) is 1. The Hall–Kier alpha value is -2.18. The van der Waals surface area contributed by atoms with Gasteiger partial charge in [-0.05, 0) is 31.5 Å². The fraction of sp³-hybridized carbons (Fsp3) is 0.250. The normalized spacial score (nSPS) is 18.8. The summed E-state index contributed by atoms with van der Waals surface area (Å²) in [5.74, 6) is -0.575. The first-order valence-corrected chi connectivity index (χ1v) is 9.90. The van der Waals surface area contributed by atoms with Gasteiger partial charge in [-0.1, -0.05) is 60.6 Å². The summed E-state index contributed by atoms with van der Waals surface area (Å²) in [7, 11) is 0. The maximum atomic E-state index is 13.2. The number of hydrogen-bond acceptors (Lipinski definition) is 4. The second-order valence-electron chi connectivity index (χ2n) is 6.28. The van der Waals surface area contributed by atoms with Crippen LogP contribution in [0.1, 0.15) is 25.8 Å². The van der Waals surface area contributed by atoms with Crippen LogP contribution in [0.2, 0.25) is 5.02 Å². The first-order chi connectivity index (χ1) is 12.9. The molecule has 2 aromatic carbocycles. The minimum atomic E-state index is -0.521. The van der Waals surface area contributed by atoms with Crippen molar-refractivity contribution in [1.82, 2.24) is 0 Å². The smallest absolute Gasteiger partial charge is 0.234 e. The van der Waals surface area contributed by atoms with E-state index < -0.39 is 11.5 Å². The standard InChI is InChI=1S/C20H19ClFN3OS/c1-3-20(2)24-18(13-7-5-4-6-8-13)19(25-20)27-12-17(26)23-14-9-10-16(22)15(21)11-14/h4-11H,3,12H2,1-2H3,(H,23,26)/t20-/m0/s1. The van der Waals surface area contributed by atoms with Gasteiger partial charge in [0.15, 0.2) is 0 Å². The predicted octanol–water partition coefficient (Wildman–Crippen LogP) is 5.18. The highest BCUT2D eigenvalue weighted by Gasteiger charge is 2.31. The number of carbonyl (C=O) groups is 1. The predicted molar refractivity (Wildman–Crippen MR) is 112 cm³/mol. The number of hydrogen-bond donors (Lipinski definition) is 1. The Balaban J connectivity index is 1.70. The van der Waals surface area contributed by atoms with Crippen LogP contribution in [0.25, 0.3) is 0 Å². The van der Waals surface area contributed by atoms with Crippen LogP contribution in [0.4, 0.5) is 10.1 Å². The van der Waals surface area contributed by atoms with Gasteiger partial charge in [0, 0.05) is 11.3 Å². The number of thioether (sulfide) groups is 1. The Labute approximate surface area is 166 Å². The average molecular weight is 404 g/mol. The minimum absolute atomic E-state index is 0.0298. The van der Waals surface area contributed by atoms with Crippen LogP contribution in [-0.4, -0.2) is 28.1 Å². The summed E-state index contributed by atoms with van der Waals surface area (Å²) in [5.41, 5.74) is 1.74. The molecule has 0 fully saturated rings. The number of benzene rings is 2. The van der Waals surface area contributed by atoms with E-state index in [1.165, 1.54) is 30.0 Å². The SMILES string of the molecule is CC[C@]1(C)N=C(SCC(=O)Nc2ccc(F)c(Cl)c2)C(c2ccccc2)=N1. The second-order valence-corrected chi connectivity index (χ2v) is 7.65. The number of halogens is 2. The number of amides is 1. The monoisotopic (exact) mass is 403 g/mol. The molecule has 1 aliphatic rings. The molecule has 1 heterocycles. The molecule has 4 nitrogen and oxygen atoms in total. The summed E-state index contributed by atoms with van der Waals surface area (Å²) in [4.78, 5) is 21.8. The van der Waals surface area contributed by atoms with E-state index in [-0.39, 0.29) is 16.7 Å². The molecule has 1 atom stereocenters. The Morgan fingerprint density at radius 2 is 1.96 bits per heavy atom. The molecular weight excluding hydrogens is 385 g/mol. The zero-order valence-corrected chi connectivity index (χ0v) is 16.6. The lowest BCUT2D eigenvalue weighted by atomic mass is 10.1. The van der Waals surface area contributed by atoms with Gasteiger partial charge >= 0.3 is 0 Å². The topological polar surface area (TPSA) is 53.8 Å². The van der Waals surface area contributed by atoms with E-state index in [9.17, 15) is 9.18 Å². The fourth-order valence-electron chi connectivity index (χ4n) is 2.53. The lowest BCUT2D eigenvalue weighted by Crippen LogP contribution is -2.17. The molecule has 0 saturated heterocycles. The first-order valence-electron chi connectivity index (χ1n) is 8.53. The van der Waals surface area contributed by atoms with Crippen molar-refractivity contribution in [1.29, 1.82) is 0 Å². The molecule has 27 heavy (non-hydrogen) atoms. The number of nitrogens with zero attached hydrogens (tertiary/aromatic N) is 2. The Kier molecular flexibility index (Phi) is 5.97. The van der Waals surface area contributed by atoms with Gasteiger partial charge in [0.25, 0.3) is 0 Å². The number of anilines is 1. The van der Waals surface area contributed by atoms with Crippen molar-refractivity contribution in [2.24, 2.45) is 9.98 Å². The summed E-state index contributed by atoms with van der Waals surface area (Å²) >= 11 is 7.09. The summed E-state index contributed by atoms with van der Waals surface area (Å²) in [5, 5.41) is 3.44. The van der Waals surface area contributed by atoms with E-state index in [4.69, 9.17) is 21.6 Å².